The highest BCUT2D eigenvalue weighted by Crippen LogP contribution is 2.30. The van der Waals surface area contributed by atoms with E-state index in [0.29, 0.717) is 28.6 Å². The Hall–Kier alpha value is -2.66. The van der Waals surface area contributed by atoms with E-state index in [1.165, 1.54) is 16.9 Å². The van der Waals surface area contributed by atoms with E-state index in [1.807, 2.05) is 43.3 Å². The summed E-state index contributed by atoms with van der Waals surface area (Å²) < 4.78 is 5.88. The van der Waals surface area contributed by atoms with Gasteiger partial charge in [0, 0.05) is 5.56 Å². The zero-order valence-corrected chi connectivity index (χ0v) is 15.0. The Morgan fingerprint density at radius 1 is 1.20 bits per heavy atom. The van der Waals surface area contributed by atoms with Crippen molar-refractivity contribution >= 4 is 17.3 Å². The number of thiazole rings is 1. The molecule has 4 nitrogen and oxygen atoms in total. The van der Waals surface area contributed by atoms with Gasteiger partial charge in [-0.05, 0) is 31.0 Å². The van der Waals surface area contributed by atoms with Crippen molar-refractivity contribution in [2.45, 2.75) is 26.9 Å². The summed E-state index contributed by atoms with van der Waals surface area (Å²) >= 11 is 1.20. The van der Waals surface area contributed by atoms with Crippen LogP contribution in [0.4, 0.5) is 0 Å². The third-order valence-corrected chi connectivity index (χ3v) is 4.93. The number of nitrogens with zero attached hydrogens (tertiary/aromatic N) is 1. The van der Waals surface area contributed by atoms with Gasteiger partial charge in [0.05, 0.1) is 5.69 Å². The maximum atomic E-state index is 11.3. The number of carbonyl (C=O) groups is 1. The molecule has 0 aliphatic rings. The quantitative estimate of drug-likeness (QED) is 0.680. The van der Waals surface area contributed by atoms with Crippen LogP contribution >= 0.6 is 11.3 Å². The molecule has 25 heavy (non-hydrogen) atoms. The minimum atomic E-state index is -0.924. The molecule has 0 bridgehead atoms. The number of benzene rings is 2. The molecule has 0 radical (unpaired) electrons. The number of aromatic carboxylic acids is 1. The van der Waals surface area contributed by atoms with Crippen molar-refractivity contribution in [3.63, 3.8) is 0 Å². The molecule has 3 aromatic rings. The van der Waals surface area contributed by atoms with Crippen LogP contribution in [-0.4, -0.2) is 16.1 Å². The SMILES string of the molecule is CCc1nc(-c2cccc(OCc3cccc(C)c3)c2)sc1C(=O)O. The predicted molar refractivity (Wildman–Crippen MR) is 99.4 cm³/mol. The van der Waals surface area contributed by atoms with E-state index in [1.54, 1.807) is 0 Å². The Balaban J connectivity index is 1.81. The molecule has 1 aromatic heterocycles. The number of aryl methyl sites for hydroxylation is 2. The summed E-state index contributed by atoms with van der Waals surface area (Å²) in [6, 6.07) is 15.8. The van der Waals surface area contributed by atoms with Gasteiger partial charge in [-0.1, -0.05) is 48.9 Å². The summed E-state index contributed by atoms with van der Waals surface area (Å²) in [5.74, 6) is -0.184. The summed E-state index contributed by atoms with van der Waals surface area (Å²) in [6.07, 6.45) is 0.599. The fraction of sp³-hybridized carbons (Fsp3) is 0.200. The molecule has 0 saturated carbocycles. The maximum Gasteiger partial charge on any atom is 0.347 e. The summed E-state index contributed by atoms with van der Waals surface area (Å²) in [5, 5.41) is 9.99. The highest BCUT2D eigenvalue weighted by Gasteiger charge is 2.17. The molecule has 0 saturated heterocycles. The van der Waals surface area contributed by atoms with E-state index >= 15 is 0 Å². The second-order valence-electron chi connectivity index (χ2n) is 5.76. The van der Waals surface area contributed by atoms with Crippen molar-refractivity contribution in [3.8, 4) is 16.3 Å². The number of rotatable bonds is 6. The first kappa shape index (κ1) is 17.2. The van der Waals surface area contributed by atoms with Crippen LogP contribution in [0.25, 0.3) is 10.6 Å². The molecule has 0 fully saturated rings. The lowest BCUT2D eigenvalue weighted by molar-refractivity contribution is 0.0701. The number of hydrogen-bond acceptors (Lipinski definition) is 4. The first-order valence-corrected chi connectivity index (χ1v) is 8.90. The lowest BCUT2D eigenvalue weighted by Gasteiger charge is -2.08. The van der Waals surface area contributed by atoms with Crippen LogP contribution in [0.2, 0.25) is 0 Å². The normalized spacial score (nSPS) is 10.6. The highest BCUT2D eigenvalue weighted by molar-refractivity contribution is 7.17. The molecule has 0 aliphatic carbocycles. The van der Waals surface area contributed by atoms with Crippen LogP contribution < -0.4 is 4.74 Å². The number of ether oxygens (including phenoxy) is 1. The molecule has 5 heteroatoms. The van der Waals surface area contributed by atoms with Crippen LogP contribution in [0.15, 0.2) is 48.5 Å². The fourth-order valence-corrected chi connectivity index (χ4v) is 3.56. The molecule has 0 amide bonds. The largest absolute Gasteiger partial charge is 0.489 e. The van der Waals surface area contributed by atoms with E-state index in [9.17, 15) is 9.90 Å². The molecule has 2 aromatic carbocycles. The third-order valence-electron chi connectivity index (χ3n) is 3.80. The predicted octanol–water partition coefficient (Wildman–Crippen LogP) is 4.96. The smallest absolute Gasteiger partial charge is 0.347 e. The summed E-state index contributed by atoms with van der Waals surface area (Å²) in [6.45, 7) is 4.45. The molecule has 1 N–H and O–H groups in total. The van der Waals surface area contributed by atoms with Gasteiger partial charge < -0.3 is 9.84 Å². The van der Waals surface area contributed by atoms with Crippen molar-refractivity contribution in [2.24, 2.45) is 0 Å². The molecule has 128 valence electrons. The highest BCUT2D eigenvalue weighted by atomic mass is 32.1. The molecule has 0 unspecified atom stereocenters. The van der Waals surface area contributed by atoms with Crippen molar-refractivity contribution in [3.05, 3.63) is 70.2 Å². The van der Waals surface area contributed by atoms with Crippen LogP contribution in [0.5, 0.6) is 5.75 Å². The van der Waals surface area contributed by atoms with E-state index in [4.69, 9.17) is 4.74 Å². The van der Waals surface area contributed by atoms with E-state index in [2.05, 4.69) is 24.0 Å². The molecule has 1 heterocycles. The molecular formula is C20H19NO3S. The lowest BCUT2D eigenvalue weighted by Crippen LogP contribution is -1.97. The zero-order valence-electron chi connectivity index (χ0n) is 14.2. The van der Waals surface area contributed by atoms with E-state index < -0.39 is 5.97 Å². The average molecular weight is 353 g/mol. The first-order chi connectivity index (χ1) is 12.1. The molecule has 0 aliphatic heterocycles. The van der Waals surface area contributed by atoms with Crippen LogP contribution in [0.1, 0.15) is 33.4 Å². The van der Waals surface area contributed by atoms with Gasteiger partial charge >= 0.3 is 5.97 Å². The van der Waals surface area contributed by atoms with Gasteiger partial charge in [-0.2, -0.15) is 0 Å². The van der Waals surface area contributed by atoms with Crippen molar-refractivity contribution in [1.29, 1.82) is 0 Å². The summed E-state index contributed by atoms with van der Waals surface area (Å²) in [5.41, 5.74) is 3.81. The number of carboxylic acid groups (broad SMARTS) is 1. The van der Waals surface area contributed by atoms with Crippen LogP contribution in [0, 0.1) is 6.92 Å². The number of aromatic nitrogens is 1. The van der Waals surface area contributed by atoms with Gasteiger partial charge in [-0.15, -0.1) is 11.3 Å². The van der Waals surface area contributed by atoms with Crippen molar-refractivity contribution < 1.29 is 14.6 Å². The Morgan fingerprint density at radius 2 is 2.00 bits per heavy atom. The molecule has 3 rings (SSSR count). The Bertz CT molecular complexity index is 901. The fourth-order valence-electron chi connectivity index (χ4n) is 2.57. The Labute approximate surface area is 150 Å². The minimum Gasteiger partial charge on any atom is -0.489 e. The third kappa shape index (κ3) is 4.06. The van der Waals surface area contributed by atoms with Gasteiger partial charge in [0.25, 0.3) is 0 Å². The molecule has 0 atom stereocenters. The van der Waals surface area contributed by atoms with Crippen LogP contribution in [-0.2, 0) is 13.0 Å². The summed E-state index contributed by atoms with van der Waals surface area (Å²) in [7, 11) is 0. The average Bonchev–Trinajstić information content (AvgIpc) is 3.05. The van der Waals surface area contributed by atoms with Gasteiger partial charge in [0.1, 0.15) is 22.2 Å². The number of hydrogen-bond donors (Lipinski definition) is 1. The van der Waals surface area contributed by atoms with Crippen molar-refractivity contribution in [2.75, 3.05) is 0 Å². The first-order valence-electron chi connectivity index (χ1n) is 8.08. The minimum absolute atomic E-state index is 0.309. The number of carboxylic acids is 1. The zero-order chi connectivity index (χ0) is 17.8. The van der Waals surface area contributed by atoms with Crippen LogP contribution in [0.3, 0.4) is 0 Å². The van der Waals surface area contributed by atoms with E-state index in [0.717, 1.165) is 16.9 Å². The van der Waals surface area contributed by atoms with Gasteiger partial charge in [0.15, 0.2) is 0 Å². The lowest BCUT2D eigenvalue weighted by atomic mass is 10.1. The van der Waals surface area contributed by atoms with Gasteiger partial charge in [-0.3, -0.25) is 0 Å². The Kier molecular flexibility index (Phi) is 5.14. The van der Waals surface area contributed by atoms with Gasteiger partial charge in [-0.25, -0.2) is 9.78 Å². The van der Waals surface area contributed by atoms with Gasteiger partial charge in [0.2, 0.25) is 0 Å². The Morgan fingerprint density at radius 3 is 2.68 bits per heavy atom. The molecule has 0 spiro atoms. The van der Waals surface area contributed by atoms with Crippen molar-refractivity contribution in [1.82, 2.24) is 4.98 Å². The second-order valence-corrected chi connectivity index (χ2v) is 6.76. The standard InChI is InChI=1S/C20H19NO3S/c1-3-17-18(20(22)23)25-19(21-17)15-8-5-9-16(11-15)24-12-14-7-4-6-13(2)10-14/h4-11H,3,12H2,1-2H3,(H,22,23). The van der Waals surface area contributed by atoms with E-state index in [-0.39, 0.29) is 0 Å². The molecular weight excluding hydrogens is 334 g/mol. The second kappa shape index (κ2) is 7.49. The summed E-state index contributed by atoms with van der Waals surface area (Å²) in [4.78, 5) is 16.1. The monoisotopic (exact) mass is 353 g/mol. The maximum absolute atomic E-state index is 11.3. The topological polar surface area (TPSA) is 59.4 Å².